The SMILES string of the molecule is Cc1cccc(C(=O)c2cn(C)nc2C)c1. The van der Waals surface area contributed by atoms with Crippen LogP contribution in [0.4, 0.5) is 0 Å². The number of hydrogen-bond acceptors (Lipinski definition) is 2. The number of aryl methyl sites for hydroxylation is 3. The first-order valence-electron chi connectivity index (χ1n) is 5.19. The molecule has 3 nitrogen and oxygen atoms in total. The minimum Gasteiger partial charge on any atom is -0.288 e. The Morgan fingerprint density at radius 2 is 2.06 bits per heavy atom. The zero-order valence-electron chi connectivity index (χ0n) is 9.69. The van der Waals surface area contributed by atoms with Crippen LogP contribution in [0.1, 0.15) is 27.2 Å². The highest BCUT2D eigenvalue weighted by molar-refractivity contribution is 6.09. The lowest BCUT2D eigenvalue weighted by molar-refractivity contribution is 0.103. The van der Waals surface area contributed by atoms with Crippen molar-refractivity contribution in [2.24, 2.45) is 7.05 Å². The van der Waals surface area contributed by atoms with Crippen molar-refractivity contribution in [2.45, 2.75) is 13.8 Å². The molecule has 0 bridgehead atoms. The van der Waals surface area contributed by atoms with Gasteiger partial charge in [0.1, 0.15) is 0 Å². The van der Waals surface area contributed by atoms with Gasteiger partial charge < -0.3 is 0 Å². The molecule has 0 aliphatic rings. The van der Waals surface area contributed by atoms with Crippen LogP contribution in [0, 0.1) is 13.8 Å². The van der Waals surface area contributed by atoms with Gasteiger partial charge in [0.15, 0.2) is 5.78 Å². The van der Waals surface area contributed by atoms with Gasteiger partial charge in [0.25, 0.3) is 0 Å². The zero-order chi connectivity index (χ0) is 11.7. The van der Waals surface area contributed by atoms with Crippen molar-refractivity contribution in [2.75, 3.05) is 0 Å². The Morgan fingerprint density at radius 3 is 2.62 bits per heavy atom. The summed E-state index contributed by atoms with van der Waals surface area (Å²) in [7, 11) is 1.82. The Morgan fingerprint density at radius 1 is 1.31 bits per heavy atom. The van der Waals surface area contributed by atoms with Gasteiger partial charge in [-0.2, -0.15) is 5.10 Å². The van der Waals surface area contributed by atoms with Crippen molar-refractivity contribution in [1.82, 2.24) is 9.78 Å². The Bertz CT molecular complexity index is 541. The molecule has 0 aliphatic heterocycles. The van der Waals surface area contributed by atoms with Crippen molar-refractivity contribution in [3.63, 3.8) is 0 Å². The summed E-state index contributed by atoms with van der Waals surface area (Å²) in [6.07, 6.45) is 1.76. The van der Waals surface area contributed by atoms with Crippen molar-refractivity contribution in [3.8, 4) is 0 Å². The Labute approximate surface area is 94.7 Å². The van der Waals surface area contributed by atoms with Gasteiger partial charge in [-0.05, 0) is 19.9 Å². The summed E-state index contributed by atoms with van der Waals surface area (Å²) < 4.78 is 1.67. The highest BCUT2D eigenvalue weighted by Gasteiger charge is 2.14. The van der Waals surface area contributed by atoms with E-state index in [1.807, 2.05) is 45.2 Å². The normalized spacial score (nSPS) is 10.4. The summed E-state index contributed by atoms with van der Waals surface area (Å²) in [6, 6.07) is 7.61. The van der Waals surface area contributed by atoms with Crippen LogP contribution in [0.5, 0.6) is 0 Å². The van der Waals surface area contributed by atoms with Crippen LogP contribution in [-0.2, 0) is 7.05 Å². The van der Waals surface area contributed by atoms with Crippen LogP contribution < -0.4 is 0 Å². The molecule has 1 aromatic carbocycles. The third kappa shape index (κ3) is 1.89. The molecule has 0 saturated heterocycles. The summed E-state index contributed by atoms with van der Waals surface area (Å²) in [6.45, 7) is 3.83. The molecule has 0 radical (unpaired) electrons. The van der Waals surface area contributed by atoms with E-state index in [-0.39, 0.29) is 5.78 Å². The molecule has 0 saturated carbocycles. The maximum Gasteiger partial charge on any atom is 0.196 e. The van der Waals surface area contributed by atoms with Gasteiger partial charge in [0.05, 0.1) is 11.3 Å². The van der Waals surface area contributed by atoms with Crippen LogP contribution in [0.3, 0.4) is 0 Å². The average Bonchev–Trinajstić information content (AvgIpc) is 2.57. The van der Waals surface area contributed by atoms with Crippen LogP contribution in [0.2, 0.25) is 0 Å². The molecule has 0 fully saturated rings. The number of benzene rings is 1. The van der Waals surface area contributed by atoms with Gasteiger partial charge in [-0.15, -0.1) is 0 Å². The van der Waals surface area contributed by atoms with Crippen LogP contribution in [-0.4, -0.2) is 15.6 Å². The summed E-state index contributed by atoms with van der Waals surface area (Å²) >= 11 is 0. The Kier molecular flexibility index (Phi) is 2.60. The number of ketones is 1. The molecule has 0 atom stereocenters. The smallest absolute Gasteiger partial charge is 0.196 e. The number of aromatic nitrogens is 2. The van der Waals surface area contributed by atoms with Gasteiger partial charge in [-0.1, -0.05) is 23.8 Å². The molecular weight excluding hydrogens is 200 g/mol. The van der Waals surface area contributed by atoms with E-state index in [1.54, 1.807) is 10.9 Å². The van der Waals surface area contributed by atoms with Crippen LogP contribution in [0.25, 0.3) is 0 Å². The van der Waals surface area contributed by atoms with E-state index in [1.165, 1.54) is 0 Å². The average molecular weight is 214 g/mol. The second kappa shape index (κ2) is 3.93. The molecule has 0 amide bonds. The Hall–Kier alpha value is -1.90. The first kappa shape index (κ1) is 10.6. The minimum absolute atomic E-state index is 0.0364. The van der Waals surface area contributed by atoms with Gasteiger partial charge in [0.2, 0.25) is 0 Å². The maximum atomic E-state index is 12.2. The molecule has 16 heavy (non-hydrogen) atoms. The Balaban J connectivity index is 2.43. The predicted octanol–water partition coefficient (Wildman–Crippen LogP) is 2.27. The summed E-state index contributed by atoms with van der Waals surface area (Å²) in [5.74, 6) is 0.0364. The molecule has 82 valence electrons. The second-order valence-electron chi connectivity index (χ2n) is 4.00. The third-order valence-corrected chi connectivity index (χ3v) is 2.54. The van der Waals surface area contributed by atoms with E-state index in [9.17, 15) is 4.79 Å². The quantitative estimate of drug-likeness (QED) is 0.719. The lowest BCUT2D eigenvalue weighted by atomic mass is 10.0. The predicted molar refractivity (Wildman–Crippen MR) is 62.6 cm³/mol. The molecular formula is C13H14N2O. The monoisotopic (exact) mass is 214 g/mol. The second-order valence-corrected chi connectivity index (χ2v) is 4.00. The summed E-state index contributed by atoms with van der Waals surface area (Å²) in [4.78, 5) is 12.2. The molecule has 2 rings (SSSR count). The van der Waals surface area contributed by atoms with Gasteiger partial charge in [0, 0.05) is 18.8 Å². The molecule has 1 heterocycles. The molecule has 0 unspecified atom stereocenters. The van der Waals surface area contributed by atoms with E-state index in [0.29, 0.717) is 5.56 Å². The van der Waals surface area contributed by atoms with Crippen molar-refractivity contribution in [3.05, 3.63) is 52.8 Å². The third-order valence-electron chi connectivity index (χ3n) is 2.54. The molecule has 1 aromatic heterocycles. The topological polar surface area (TPSA) is 34.9 Å². The lowest BCUT2D eigenvalue weighted by Gasteiger charge is -2.00. The first-order chi connectivity index (χ1) is 7.58. The van der Waals surface area contributed by atoms with Crippen LogP contribution >= 0.6 is 0 Å². The molecule has 0 aliphatic carbocycles. The summed E-state index contributed by atoms with van der Waals surface area (Å²) in [5.41, 5.74) is 3.26. The molecule has 0 spiro atoms. The zero-order valence-corrected chi connectivity index (χ0v) is 9.69. The van der Waals surface area contributed by atoms with E-state index in [2.05, 4.69) is 5.10 Å². The van der Waals surface area contributed by atoms with Crippen molar-refractivity contribution >= 4 is 5.78 Å². The van der Waals surface area contributed by atoms with E-state index in [4.69, 9.17) is 0 Å². The highest BCUT2D eigenvalue weighted by atomic mass is 16.1. The molecule has 2 aromatic rings. The van der Waals surface area contributed by atoms with Gasteiger partial charge in [-0.25, -0.2) is 0 Å². The molecule has 0 N–H and O–H groups in total. The standard InChI is InChI=1S/C13H14N2O/c1-9-5-4-6-11(7-9)13(16)12-8-15(3)14-10(12)2/h4-8H,1-3H3. The van der Waals surface area contributed by atoms with Gasteiger partial charge >= 0.3 is 0 Å². The fourth-order valence-electron chi connectivity index (χ4n) is 1.76. The fourth-order valence-corrected chi connectivity index (χ4v) is 1.76. The number of carbonyl (C=O) groups is 1. The summed E-state index contributed by atoms with van der Waals surface area (Å²) in [5, 5.41) is 4.18. The first-order valence-corrected chi connectivity index (χ1v) is 5.19. The number of rotatable bonds is 2. The number of hydrogen-bond donors (Lipinski definition) is 0. The lowest BCUT2D eigenvalue weighted by Crippen LogP contribution is -2.02. The van der Waals surface area contributed by atoms with E-state index < -0.39 is 0 Å². The van der Waals surface area contributed by atoms with E-state index >= 15 is 0 Å². The molecule has 3 heteroatoms. The number of nitrogens with zero attached hydrogens (tertiary/aromatic N) is 2. The minimum atomic E-state index is 0.0364. The van der Waals surface area contributed by atoms with Crippen LogP contribution in [0.15, 0.2) is 30.5 Å². The van der Waals surface area contributed by atoms with E-state index in [0.717, 1.165) is 16.8 Å². The fraction of sp³-hybridized carbons (Fsp3) is 0.231. The maximum absolute atomic E-state index is 12.2. The highest BCUT2D eigenvalue weighted by Crippen LogP contribution is 2.13. The largest absolute Gasteiger partial charge is 0.288 e. The van der Waals surface area contributed by atoms with Crippen molar-refractivity contribution < 1.29 is 4.79 Å². The van der Waals surface area contributed by atoms with Crippen molar-refractivity contribution in [1.29, 1.82) is 0 Å². The number of carbonyl (C=O) groups excluding carboxylic acids is 1. The van der Waals surface area contributed by atoms with Gasteiger partial charge in [-0.3, -0.25) is 9.48 Å².